The molecule has 0 saturated carbocycles. The lowest BCUT2D eigenvalue weighted by Gasteiger charge is -2.50. The molecule has 2 saturated heterocycles. The minimum absolute atomic E-state index is 0.215. The van der Waals surface area contributed by atoms with Crippen LogP contribution in [0.5, 0.6) is 11.5 Å². The van der Waals surface area contributed by atoms with Gasteiger partial charge in [0.2, 0.25) is 0 Å². The SMILES string of the molecule is COc1cccc2c1O[C@@]1(C)C[C@H]2NC(=O)N1c1cccc(C(=O)N2CCN(c3cccc(C(F)(F)F)c3)CC2)c1. The lowest BCUT2D eigenvalue weighted by atomic mass is 9.89. The van der Waals surface area contributed by atoms with Crippen LogP contribution in [0.3, 0.4) is 0 Å². The van der Waals surface area contributed by atoms with Gasteiger partial charge in [-0.25, -0.2) is 4.79 Å². The summed E-state index contributed by atoms with van der Waals surface area (Å²) in [6, 6.07) is 17.1. The van der Waals surface area contributed by atoms with Crippen molar-refractivity contribution < 1.29 is 32.2 Å². The molecule has 0 aliphatic carbocycles. The van der Waals surface area contributed by atoms with Crippen LogP contribution in [0.2, 0.25) is 0 Å². The molecule has 3 heterocycles. The Morgan fingerprint density at radius 3 is 2.44 bits per heavy atom. The molecule has 1 N–H and O–H groups in total. The Labute approximate surface area is 235 Å². The number of hydrogen-bond donors (Lipinski definition) is 1. The highest BCUT2D eigenvalue weighted by atomic mass is 19.4. The number of halogens is 3. The monoisotopic (exact) mass is 566 g/mol. The predicted octanol–water partition coefficient (Wildman–Crippen LogP) is 5.45. The maximum absolute atomic E-state index is 13.5. The number of para-hydroxylation sites is 1. The summed E-state index contributed by atoms with van der Waals surface area (Å²) >= 11 is 0. The average molecular weight is 567 g/mol. The quantitative estimate of drug-likeness (QED) is 0.455. The number of anilines is 2. The number of urea groups is 1. The smallest absolute Gasteiger partial charge is 0.416 e. The predicted molar refractivity (Wildman–Crippen MR) is 146 cm³/mol. The molecule has 3 aromatic rings. The van der Waals surface area contributed by atoms with Crippen LogP contribution < -0.4 is 24.6 Å². The van der Waals surface area contributed by atoms with Crippen LogP contribution in [0.25, 0.3) is 0 Å². The van der Waals surface area contributed by atoms with E-state index in [9.17, 15) is 22.8 Å². The van der Waals surface area contributed by atoms with E-state index in [0.717, 1.165) is 17.7 Å². The van der Waals surface area contributed by atoms with Crippen molar-refractivity contribution in [1.29, 1.82) is 0 Å². The lowest BCUT2D eigenvalue weighted by Crippen LogP contribution is -2.65. The van der Waals surface area contributed by atoms with Gasteiger partial charge in [0.1, 0.15) is 0 Å². The first kappa shape index (κ1) is 26.8. The summed E-state index contributed by atoms with van der Waals surface area (Å²) in [7, 11) is 1.57. The van der Waals surface area contributed by atoms with Gasteiger partial charge in [-0.1, -0.05) is 24.3 Å². The van der Waals surface area contributed by atoms with Crippen LogP contribution in [0.15, 0.2) is 66.7 Å². The van der Waals surface area contributed by atoms with E-state index >= 15 is 0 Å². The van der Waals surface area contributed by atoms with Crippen LogP contribution in [-0.2, 0) is 6.18 Å². The van der Waals surface area contributed by atoms with Crippen molar-refractivity contribution in [3.63, 3.8) is 0 Å². The van der Waals surface area contributed by atoms with E-state index in [0.29, 0.717) is 61.0 Å². The Kier molecular flexibility index (Phi) is 6.47. The van der Waals surface area contributed by atoms with Gasteiger partial charge in [0, 0.05) is 49.4 Å². The van der Waals surface area contributed by atoms with Crippen molar-refractivity contribution in [1.82, 2.24) is 10.2 Å². The molecule has 8 nitrogen and oxygen atoms in total. The number of piperazine rings is 1. The molecular weight excluding hydrogens is 537 g/mol. The highest BCUT2D eigenvalue weighted by molar-refractivity contribution is 5.99. The number of alkyl halides is 3. The number of amides is 3. The molecule has 2 bridgehead atoms. The van der Waals surface area contributed by atoms with Gasteiger partial charge in [-0.2, -0.15) is 13.2 Å². The number of carbonyl (C=O) groups is 2. The Hall–Kier alpha value is -4.41. The van der Waals surface area contributed by atoms with Crippen molar-refractivity contribution >= 4 is 23.3 Å². The van der Waals surface area contributed by atoms with Crippen LogP contribution in [0.1, 0.15) is 40.9 Å². The van der Waals surface area contributed by atoms with Crippen LogP contribution in [0.4, 0.5) is 29.3 Å². The number of nitrogens with one attached hydrogen (secondary N) is 1. The van der Waals surface area contributed by atoms with Crippen molar-refractivity contribution in [2.24, 2.45) is 0 Å². The highest BCUT2D eigenvalue weighted by Crippen LogP contribution is 2.49. The zero-order valence-electron chi connectivity index (χ0n) is 22.6. The molecule has 0 unspecified atom stereocenters. The van der Waals surface area contributed by atoms with E-state index in [2.05, 4.69) is 5.32 Å². The molecule has 0 radical (unpaired) electrons. The van der Waals surface area contributed by atoms with Crippen LogP contribution >= 0.6 is 0 Å². The van der Waals surface area contributed by atoms with E-state index in [1.807, 2.05) is 30.0 Å². The summed E-state index contributed by atoms with van der Waals surface area (Å²) in [6.45, 7) is 3.34. The maximum Gasteiger partial charge on any atom is 0.416 e. The summed E-state index contributed by atoms with van der Waals surface area (Å²) in [5.74, 6) is 0.930. The molecule has 3 aliphatic heterocycles. The summed E-state index contributed by atoms with van der Waals surface area (Å²) in [4.78, 5) is 31.9. The van der Waals surface area contributed by atoms with E-state index in [1.54, 1.807) is 42.3 Å². The molecular formula is C30H29F3N4O4. The second-order valence-electron chi connectivity index (χ2n) is 10.6. The third-order valence-electron chi connectivity index (χ3n) is 7.94. The molecule has 2 fully saturated rings. The van der Waals surface area contributed by atoms with E-state index in [1.165, 1.54) is 11.0 Å². The molecule has 2 atom stereocenters. The van der Waals surface area contributed by atoms with E-state index in [4.69, 9.17) is 9.47 Å². The van der Waals surface area contributed by atoms with Crippen LogP contribution in [0, 0.1) is 0 Å². The molecule has 6 rings (SSSR count). The minimum atomic E-state index is -4.42. The van der Waals surface area contributed by atoms with Crippen molar-refractivity contribution in [3.8, 4) is 11.5 Å². The number of benzene rings is 3. The van der Waals surface area contributed by atoms with Crippen LogP contribution in [-0.4, -0.2) is 55.9 Å². The minimum Gasteiger partial charge on any atom is -0.493 e. The number of fused-ring (bicyclic) bond motifs is 4. The second-order valence-corrected chi connectivity index (χ2v) is 10.6. The molecule has 0 spiro atoms. The first-order valence-corrected chi connectivity index (χ1v) is 13.4. The number of methoxy groups -OCH3 is 1. The summed E-state index contributed by atoms with van der Waals surface area (Å²) < 4.78 is 51.4. The first-order valence-electron chi connectivity index (χ1n) is 13.4. The largest absolute Gasteiger partial charge is 0.493 e. The van der Waals surface area contributed by atoms with Crippen molar-refractivity contribution in [2.45, 2.75) is 31.3 Å². The third kappa shape index (κ3) is 4.79. The van der Waals surface area contributed by atoms with E-state index < -0.39 is 17.5 Å². The molecule has 0 aromatic heterocycles. The molecule has 11 heteroatoms. The van der Waals surface area contributed by atoms with Gasteiger partial charge in [0.25, 0.3) is 5.91 Å². The summed E-state index contributed by atoms with van der Waals surface area (Å²) in [6.07, 6.45) is -3.92. The Morgan fingerprint density at radius 1 is 1.00 bits per heavy atom. The number of hydrogen-bond acceptors (Lipinski definition) is 5. The molecule has 214 valence electrons. The van der Waals surface area contributed by atoms with Gasteiger partial charge in [-0.3, -0.25) is 9.69 Å². The zero-order valence-corrected chi connectivity index (χ0v) is 22.6. The van der Waals surface area contributed by atoms with Gasteiger partial charge in [0.15, 0.2) is 17.2 Å². The third-order valence-corrected chi connectivity index (χ3v) is 7.94. The molecule has 3 amide bonds. The summed E-state index contributed by atoms with van der Waals surface area (Å²) in [5.41, 5.74) is 0.520. The molecule has 3 aliphatic rings. The second kappa shape index (κ2) is 9.90. The number of rotatable bonds is 4. The van der Waals surface area contributed by atoms with Gasteiger partial charge in [-0.15, -0.1) is 0 Å². The van der Waals surface area contributed by atoms with Crippen molar-refractivity contribution in [3.05, 3.63) is 83.4 Å². The van der Waals surface area contributed by atoms with Crippen molar-refractivity contribution in [2.75, 3.05) is 43.1 Å². The van der Waals surface area contributed by atoms with E-state index in [-0.39, 0.29) is 18.0 Å². The number of nitrogens with zero attached hydrogens (tertiary/aromatic N) is 3. The Morgan fingerprint density at radius 2 is 1.71 bits per heavy atom. The standard InChI is InChI=1S/C30H29F3N4O4/c1-29-18-24(23-10-5-11-25(40-2)26(23)41-29)34-28(39)37(29)22-9-3-6-19(16-22)27(38)36-14-12-35(13-15-36)21-8-4-7-20(17-21)30(31,32)33/h3-11,16-17,24H,12-15,18H2,1-2H3,(H,34,39)/t24-,29+/m1/s1. The topological polar surface area (TPSA) is 74.3 Å². The van der Waals surface area contributed by atoms with Gasteiger partial charge >= 0.3 is 12.2 Å². The van der Waals surface area contributed by atoms with Gasteiger partial charge in [0.05, 0.1) is 24.4 Å². The average Bonchev–Trinajstić information content (AvgIpc) is 2.96. The van der Waals surface area contributed by atoms with Gasteiger partial charge in [-0.05, 0) is 49.4 Å². The normalized spacial score (nSPS) is 22.0. The maximum atomic E-state index is 13.5. The molecule has 3 aromatic carbocycles. The number of carbonyl (C=O) groups excluding carboxylic acids is 2. The Balaban J connectivity index is 1.19. The molecule has 41 heavy (non-hydrogen) atoms. The summed E-state index contributed by atoms with van der Waals surface area (Å²) in [5, 5.41) is 3.05. The highest BCUT2D eigenvalue weighted by Gasteiger charge is 2.50. The fourth-order valence-electron chi connectivity index (χ4n) is 5.92. The fourth-order valence-corrected chi connectivity index (χ4v) is 5.92. The van der Waals surface area contributed by atoms with Gasteiger partial charge < -0.3 is 24.6 Å². The fraction of sp³-hybridized carbons (Fsp3) is 0.333. The zero-order chi connectivity index (χ0) is 28.9. The first-order chi connectivity index (χ1) is 19.6. The Bertz CT molecular complexity index is 1510. The lowest BCUT2D eigenvalue weighted by molar-refractivity contribution is -0.137. The number of ether oxygens (including phenoxy) is 2.